The van der Waals surface area contributed by atoms with Crippen molar-refractivity contribution in [3.8, 4) is 11.5 Å². The number of esters is 1. The fraction of sp³-hybridized carbons (Fsp3) is 0.280. The van der Waals surface area contributed by atoms with Gasteiger partial charge in [0, 0.05) is 31.1 Å². The lowest BCUT2D eigenvalue weighted by Crippen LogP contribution is -2.40. The largest absolute Gasteiger partial charge is 0.493 e. The molecule has 0 radical (unpaired) electrons. The molecule has 2 atom stereocenters. The molecule has 3 aromatic rings. The summed E-state index contributed by atoms with van der Waals surface area (Å²) in [6.07, 6.45) is 2.19. The summed E-state index contributed by atoms with van der Waals surface area (Å²) in [5, 5.41) is -0.411. The zero-order chi connectivity index (χ0) is 26.6. The maximum Gasteiger partial charge on any atom is 0.335 e. The molecule has 0 amide bonds. The minimum absolute atomic E-state index is 0.113. The molecule has 0 N–H and O–H groups in total. The number of nitrogens with zero attached hydrogens (tertiary/aromatic N) is 2. The molecule has 37 heavy (non-hydrogen) atoms. The molecule has 1 aromatic heterocycles. The average Bonchev–Trinajstić information content (AvgIpc) is 3.41. The molecule has 0 bridgehead atoms. The Hall–Kier alpha value is -2.50. The van der Waals surface area contributed by atoms with Crippen molar-refractivity contribution in [1.29, 1.82) is 0 Å². The van der Waals surface area contributed by atoms with Crippen LogP contribution in [-0.2, 0) is 26.0 Å². The maximum absolute atomic E-state index is 13.5. The second kappa shape index (κ2) is 11.9. The summed E-state index contributed by atoms with van der Waals surface area (Å²) in [5.41, 5.74) is 1.13. The van der Waals surface area contributed by atoms with Crippen LogP contribution in [0.2, 0.25) is 10.0 Å². The van der Waals surface area contributed by atoms with E-state index in [2.05, 4.69) is 4.98 Å². The Labute approximate surface area is 229 Å². The first-order valence-corrected chi connectivity index (χ1v) is 14.4. The quantitative estimate of drug-likeness (QED) is 0.325. The molecule has 0 unspecified atom stereocenters. The fourth-order valence-corrected chi connectivity index (χ4v) is 7.50. The van der Waals surface area contributed by atoms with E-state index in [1.165, 1.54) is 54.8 Å². The van der Waals surface area contributed by atoms with Gasteiger partial charge < -0.3 is 14.2 Å². The van der Waals surface area contributed by atoms with Crippen molar-refractivity contribution in [2.75, 3.05) is 26.5 Å². The highest BCUT2D eigenvalue weighted by Gasteiger charge is 2.42. The number of hydrogen-bond acceptors (Lipinski definition) is 8. The van der Waals surface area contributed by atoms with E-state index in [1.54, 1.807) is 36.4 Å². The monoisotopic (exact) mass is 582 g/mol. The van der Waals surface area contributed by atoms with Crippen LogP contribution < -0.4 is 9.47 Å². The zero-order valence-corrected chi connectivity index (χ0v) is 23.1. The van der Waals surface area contributed by atoms with Gasteiger partial charge in [0.25, 0.3) is 0 Å². The minimum atomic E-state index is -3.90. The van der Waals surface area contributed by atoms with Crippen LogP contribution >= 0.6 is 35.0 Å². The van der Waals surface area contributed by atoms with Crippen molar-refractivity contribution in [2.45, 2.75) is 22.8 Å². The molecular weight excluding hydrogens is 559 g/mol. The van der Waals surface area contributed by atoms with Crippen LogP contribution in [0.15, 0.2) is 65.8 Å². The number of halogens is 2. The normalized spacial score (nSPS) is 16.8. The van der Waals surface area contributed by atoms with Crippen molar-refractivity contribution < 1.29 is 27.4 Å². The molecule has 1 aliphatic heterocycles. The zero-order valence-electron chi connectivity index (χ0n) is 20.0. The van der Waals surface area contributed by atoms with Gasteiger partial charge in [0.15, 0.2) is 16.9 Å². The number of benzene rings is 2. The minimum Gasteiger partial charge on any atom is -0.493 e. The highest BCUT2D eigenvalue weighted by Crippen LogP contribution is 2.37. The van der Waals surface area contributed by atoms with Crippen molar-refractivity contribution in [2.24, 2.45) is 0 Å². The molecule has 12 heteroatoms. The smallest absolute Gasteiger partial charge is 0.335 e. The average molecular weight is 584 g/mol. The molecule has 1 fully saturated rings. The molecule has 2 heterocycles. The lowest BCUT2D eigenvalue weighted by atomic mass is 10.0. The Morgan fingerprint density at radius 1 is 1.08 bits per heavy atom. The van der Waals surface area contributed by atoms with E-state index in [-0.39, 0.29) is 17.9 Å². The highest BCUT2D eigenvalue weighted by atomic mass is 35.5. The Morgan fingerprint density at radius 2 is 1.76 bits per heavy atom. The topological polar surface area (TPSA) is 95.0 Å². The van der Waals surface area contributed by atoms with E-state index < -0.39 is 27.5 Å². The molecule has 196 valence electrons. The number of carbonyl (C=O) groups is 1. The number of hydrogen-bond donors (Lipinski definition) is 0. The van der Waals surface area contributed by atoms with Crippen LogP contribution in [-0.4, -0.2) is 55.6 Å². The summed E-state index contributed by atoms with van der Waals surface area (Å²) < 4.78 is 44.4. The van der Waals surface area contributed by atoms with Crippen molar-refractivity contribution in [3.63, 3.8) is 0 Å². The van der Waals surface area contributed by atoms with Crippen LogP contribution in [0.5, 0.6) is 11.5 Å². The van der Waals surface area contributed by atoms with E-state index in [9.17, 15) is 13.2 Å². The van der Waals surface area contributed by atoms with Gasteiger partial charge in [0.1, 0.15) is 6.10 Å². The lowest BCUT2D eigenvalue weighted by molar-refractivity contribution is -0.150. The first-order chi connectivity index (χ1) is 17.8. The number of carbonyl (C=O) groups excluding carboxylic acids is 1. The maximum atomic E-state index is 13.5. The van der Waals surface area contributed by atoms with E-state index >= 15 is 0 Å². The van der Waals surface area contributed by atoms with Crippen LogP contribution in [0.3, 0.4) is 0 Å². The molecule has 0 saturated carbocycles. The SMILES string of the molecule is COc1ccc([C@H](Cc2c(Cl)cncc2Cl)OC(=O)[C@@H]2SCCN2S(=O)(=O)c2ccccc2)cc1OC. The van der Waals surface area contributed by atoms with Gasteiger partial charge in [-0.05, 0) is 35.4 Å². The van der Waals surface area contributed by atoms with Gasteiger partial charge in [-0.3, -0.25) is 4.98 Å². The third-order valence-electron chi connectivity index (χ3n) is 5.78. The molecule has 2 aromatic carbocycles. The van der Waals surface area contributed by atoms with E-state index in [0.29, 0.717) is 38.4 Å². The lowest BCUT2D eigenvalue weighted by Gasteiger charge is -2.26. The first kappa shape index (κ1) is 27.5. The van der Waals surface area contributed by atoms with Crippen LogP contribution in [0.1, 0.15) is 17.2 Å². The van der Waals surface area contributed by atoms with E-state index in [1.807, 2.05) is 0 Å². The Kier molecular flexibility index (Phi) is 8.86. The molecule has 8 nitrogen and oxygen atoms in total. The Bertz CT molecular complexity index is 1350. The van der Waals surface area contributed by atoms with Crippen LogP contribution in [0.4, 0.5) is 0 Å². The molecule has 0 spiro atoms. The van der Waals surface area contributed by atoms with Gasteiger partial charge in [-0.15, -0.1) is 11.8 Å². The molecular formula is C25H24Cl2N2O6S2. The number of aromatic nitrogens is 1. The summed E-state index contributed by atoms with van der Waals surface area (Å²) in [4.78, 5) is 17.6. The second-order valence-corrected chi connectivity index (χ2v) is 11.9. The predicted molar refractivity (Wildman–Crippen MR) is 143 cm³/mol. The van der Waals surface area contributed by atoms with Crippen LogP contribution in [0, 0.1) is 0 Å². The van der Waals surface area contributed by atoms with Gasteiger partial charge in [0.2, 0.25) is 10.0 Å². The van der Waals surface area contributed by atoms with Gasteiger partial charge in [-0.2, -0.15) is 4.31 Å². The molecule has 1 saturated heterocycles. The molecule has 4 rings (SSSR count). The second-order valence-electron chi connectivity index (χ2n) is 7.98. The fourth-order valence-electron chi connectivity index (χ4n) is 3.91. The van der Waals surface area contributed by atoms with Gasteiger partial charge in [-0.1, -0.05) is 47.5 Å². The van der Waals surface area contributed by atoms with Crippen molar-refractivity contribution in [3.05, 3.63) is 82.1 Å². The summed E-state index contributed by atoms with van der Waals surface area (Å²) in [6.45, 7) is 0.185. The Morgan fingerprint density at radius 3 is 2.41 bits per heavy atom. The van der Waals surface area contributed by atoms with E-state index in [4.69, 9.17) is 37.4 Å². The van der Waals surface area contributed by atoms with Crippen LogP contribution in [0.25, 0.3) is 0 Å². The summed E-state index contributed by atoms with van der Waals surface area (Å²) in [7, 11) is -0.881. The number of ether oxygens (including phenoxy) is 3. The summed E-state index contributed by atoms with van der Waals surface area (Å²) in [5.74, 6) is 0.705. The third kappa shape index (κ3) is 5.99. The standard InChI is InChI=1S/C25H24Cl2N2O6S2/c1-33-21-9-8-16(12-23(21)34-2)22(13-18-19(26)14-28-15-20(18)27)35-25(30)24-29(10-11-36-24)37(31,32)17-6-4-3-5-7-17/h3-9,12,14-15,22,24H,10-11,13H2,1-2H3/t22-,24-/m0/s1. The number of rotatable bonds is 9. The molecule has 1 aliphatic rings. The number of sulfonamides is 1. The van der Waals surface area contributed by atoms with Crippen molar-refractivity contribution >= 4 is 51.0 Å². The van der Waals surface area contributed by atoms with Gasteiger partial charge in [0.05, 0.1) is 29.2 Å². The number of thioether (sulfide) groups is 1. The van der Waals surface area contributed by atoms with Gasteiger partial charge in [-0.25, -0.2) is 13.2 Å². The summed E-state index contributed by atoms with van der Waals surface area (Å²) >= 11 is 13.9. The number of methoxy groups -OCH3 is 2. The van der Waals surface area contributed by atoms with Crippen molar-refractivity contribution in [1.82, 2.24) is 9.29 Å². The van der Waals surface area contributed by atoms with Gasteiger partial charge >= 0.3 is 5.97 Å². The molecule has 0 aliphatic carbocycles. The predicted octanol–water partition coefficient (Wildman–Crippen LogP) is 5.00. The highest BCUT2D eigenvalue weighted by molar-refractivity contribution is 8.02. The third-order valence-corrected chi connectivity index (χ3v) is 9.62. The first-order valence-electron chi connectivity index (χ1n) is 11.1. The Balaban J connectivity index is 1.66. The number of pyridine rings is 1. The summed E-state index contributed by atoms with van der Waals surface area (Å²) in [6, 6.07) is 13.1. The van der Waals surface area contributed by atoms with E-state index in [0.717, 1.165) is 0 Å².